The average Bonchev–Trinajstić information content (AvgIpc) is 2.98. The highest BCUT2D eigenvalue weighted by atomic mass is 32.2. The van der Waals surface area contributed by atoms with Gasteiger partial charge in [0.05, 0.1) is 19.0 Å². The van der Waals surface area contributed by atoms with Gasteiger partial charge in [-0.2, -0.15) is 10.3 Å². The van der Waals surface area contributed by atoms with Crippen LogP contribution < -0.4 is 0 Å². The topological polar surface area (TPSA) is 105 Å². The number of carboxylic acid groups (broad SMARTS) is 1. The third-order valence-electron chi connectivity index (χ3n) is 3.08. The van der Waals surface area contributed by atoms with Gasteiger partial charge in [-0.25, -0.2) is 4.79 Å². The van der Waals surface area contributed by atoms with Crippen LogP contribution in [0.2, 0.25) is 0 Å². The summed E-state index contributed by atoms with van der Waals surface area (Å²) in [4.78, 5) is 11.4. The number of hydrogen-bond acceptors (Lipinski definition) is 6. The van der Waals surface area contributed by atoms with E-state index in [1.165, 1.54) is 0 Å². The summed E-state index contributed by atoms with van der Waals surface area (Å²) in [6.07, 6.45) is 5.11. The minimum absolute atomic E-state index is 0.00914. The molecule has 2 N–H and O–H groups in total. The van der Waals surface area contributed by atoms with Gasteiger partial charge in [0.2, 0.25) is 7.37 Å². The zero-order valence-corrected chi connectivity index (χ0v) is 16.1. The molecule has 1 atom stereocenters. The van der Waals surface area contributed by atoms with Crippen LogP contribution in [0, 0.1) is 5.92 Å². The lowest BCUT2D eigenvalue weighted by molar-refractivity contribution is -0.132. The summed E-state index contributed by atoms with van der Waals surface area (Å²) in [7, 11) is -2.96. The summed E-state index contributed by atoms with van der Waals surface area (Å²) in [6, 6.07) is 0. The summed E-state index contributed by atoms with van der Waals surface area (Å²) < 4.78 is 18.3. The van der Waals surface area contributed by atoms with Gasteiger partial charge in [-0.05, 0) is 31.4 Å². The van der Waals surface area contributed by atoms with Gasteiger partial charge in [0.1, 0.15) is 5.03 Å². The Morgan fingerprint density at radius 2 is 2.29 bits per heavy atom. The maximum atomic E-state index is 12.8. The molecule has 0 bridgehead atoms. The first-order valence-corrected chi connectivity index (χ1v) is 11.0. The normalized spacial score (nSPS) is 14.8. The molecule has 0 aliphatic carbocycles. The minimum Gasteiger partial charge on any atom is -0.478 e. The lowest BCUT2D eigenvalue weighted by Gasteiger charge is -2.20. The first-order chi connectivity index (χ1) is 11.4. The number of hydrogen-bond donors (Lipinski definition) is 2. The number of nitrogens with zero attached hydrogens (tertiary/aromatic N) is 2. The molecule has 0 amide bonds. The highest BCUT2D eigenvalue weighted by molar-refractivity contribution is 7.99. The number of allylic oxidation sites excluding steroid dienone is 1. The van der Waals surface area contributed by atoms with E-state index in [9.17, 15) is 14.5 Å². The fraction of sp³-hybridized carbons (Fsp3) is 0.667. The van der Waals surface area contributed by atoms with Crippen molar-refractivity contribution in [3.05, 3.63) is 17.8 Å². The first-order valence-electron chi connectivity index (χ1n) is 8.00. The Balaban J connectivity index is 2.57. The third kappa shape index (κ3) is 8.13. The number of aromatic amines is 1. The van der Waals surface area contributed by atoms with Gasteiger partial charge in [-0.15, -0.1) is 16.9 Å². The highest BCUT2D eigenvalue weighted by Crippen LogP contribution is 2.50. The zero-order chi connectivity index (χ0) is 18.0. The van der Waals surface area contributed by atoms with Crippen LogP contribution in [0.15, 0.2) is 22.9 Å². The Hall–Kier alpha value is -1.11. The standard InChI is InChI=1S/C15H26N3O4PS/c1-4-22-23(21,10-12(2)3)11-13(15(19)20)7-5-6-8-24-14-9-16-18-17-14/h7,9,12H,4-6,8,10-11H2,1-3H3,(H,19,20)(H,16,17,18)/b13-7+. The fourth-order valence-corrected chi connectivity index (χ4v) is 5.68. The van der Waals surface area contributed by atoms with E-state index in [4.69, 9.17) is 4.52 Å². The van der Waals surface area contributed by atoms with E-state index in [0.29, 0.717) is 19.2 Å². The van der Waals surface area contributed by atoms with Crippen LogP contribution in [0.5, 0.6) is 0 Å². The van der Waals surface area contributed by atoms with Gasteiger partial charge in [-0.1, -0.05) is 19.9 Å². The number of thioether (sulfide) groups is 1. The molecule has 0 fully saturated rings. The van der Waals surface area contributed by atoms with Gasteiger partial charge >= 0.3 is 5.97 Å². The van der Waals surface area contributed by atoms with Crippen LogP contribution in [0.3, 0.4) is 0 Å². The number of carbonyl (C=O) groups is 1. The molecule has 0 aliphatic heterocycles. The molecule has 9 heteroatoms. The molecule has 0 saturated carbocycles. The van der Waals surface area contributed by atoms with E-state index in [0.717, 1.165) is 17.2 Å². The zero-order valence-electron chi connectivity index (χ0n) is 14.4. The third-order valence-corrected chi connectivity index (χ3v) is 6.90. The van der Waals surface area contributed by atoms with E-state index < -0.39 is 13.3 Å². The SMILES string of the molecule is CCOP(=O)(C/C(=C\CCCSc1cn[nH]n1)C(=O)O)CC(C)C. The second kappa shape index (κ2) is 10.7. The highest BCUT2D eigenvalue weighted by Gasteiger charge is 2.27. The quantitative estimate of drug-likeness (QED) is 0.248. The second-order valence-electron chi connectivity index (χ2n) is 5.80. The van der Waals surface area contributed by atoms with Crippen molar-refractivity contribution in [3.8, 4) is 0 Å². The molecule has 0 saturated heterocycles. The maximum absolute atomic E-state index is 12.8. The van der Waals surface area contributed by atoms with Crippen LogP contribution in [-0.4, -0.2) is 51.2 Å². The summed E-state index contributed by atoms with van der Waals surface area (Å²) in [5.41, 5.74) is 0.180. The Morgan fingerprint density at radius 1 is 1.54 bits per heavy atom. The average molecular weight is 375 g/mol. The summed E-state index contributed by atoms with van der Waals surface area (Å²) in [5.74, 6) is -0.0236. The van der Waals surface area contributed by atoms with E-state index >= 15 is 0 Å². The van der Waals surface area contributed by atoms with Crippen molar-refractivity contribution in [1.82, 2.24) is 15.4 Å². The van der Waals surface area contributed by atoms with Crippen molar-refractivity contribution < 1.29 is 19.0 Å². The summed E-state index contributed by atoms with van der Waals surface area (Å²) >= 11 is 1.56. The summed E-state index contributed by atoms with van der Waals surface area (Å²) in [5, 5.41) is 20.4. The van der Waals surface area contributed by atoms with Crippen LogP contribution in [0.25, 0.3) is 0 Å². The molecule has 24 heavy (non-hydrogen) atoms. The summed E-state index contributed by atoms with van der Waals surface area (Å²) in [6.45, 7) is 6.01. The van der Waals surface area contributed by atoms with Crippen molar-refractivity contribution in [3.63, 3.8) is 0 Å². The lowest BCUT2D eigenvalue weighted by Crippen LogP contribution is -2.12. The molecule has 0 aromatic carbocycles. The molecule has 1 unspecified atom stereocenters. The Kier molecular flexibility index (Phi) is 9.33. The first kappa shape index (κ1) is 20.9. The van der Waals surface area contributed by atoms with Crippen LogP contribution in [0.1, 0.15) is 33.6 Å². The monoisotopic (exact) mass is 375 g/mol. The van der Waals surface area contributed by atoms with Gasteiger partial charge in [-0.3, -0.25) is 4.57 Å². The number of carboxylic acids is 1. The second-order valence-corrected chi connectivity index (χ2v) is 9.48. The Labute approximate surface area is 147 Å². The molecule has 0 spiro atoms. The Morgan fingerprint density at radius 3 is 2.83 bits per heavy atom. The molecule has 1 rings (SSSR count). The number of H-pyrrole nitrogens is 1. The number of unbranched alkanes of at least 4 members (excludes halogenated alkanes) is 1. The van der Waals surface area contributed by atoms with Crippen LogP contribution in [0.4, 0.5) is 0 Å². The van der Waals surface area contributed by atoms with E-state index in [1.807, 2.05) is 13.8 Å². The molecular formula is C15H26N3O4PS. The van der Waals surface area contributed by atoms with E-state index in [-0.39, 0.29) is 17.7 Å². The van der Waals surface area contributed by atoms with Crippen molar-refractivity contribution in [2.75, 3.05) is 24.7 Å². The number of nitrogens with one attached hydrogen (secondary N) is 1. The molecule has 1 aromatic rings. The molecule has 1 heterocycles. The van der Waals surface area contributed by atoms with Crippen molar-refractivity contribution in [2.45, 2.75) is 38.6 Å². The predicted molar refractivity (Wildman–Crippen MR) is 95.9 cm³/mol. The van der Waals surface area contributed by atoms with Crippen molar-refractivity contribution in [2.24, 2.45) is 5.92 Å². The predicted octanol–water partition coefficient (Wildman–Crippen LogP) is 3.66. The van der Waals surface area contributed by atoms with Crippen LogP contribution in [-0.2, 0) is 13.9 Å². The Bertz CT molecular complexity index is 575. The van der Waals surface area contributed by atoms with Gasteiger partial charge in [0, 0.05) is 11.7 Å². The van der Waals surface area contributed by atoms with Crippen molar-refractivity contribution in [1.29, 1.82) is 0 Å². The van der Waals surface area contributed by atoms with E-state index in [2.05, 4.69) is 15.4 Å². The maximum Gasteiger partial charge on any atom is 0.331 e. The molecule has 0 aliphatic rings. The van der Waals surface area contributed by atoms with Crippen LogP contribution >= 0.6 is 19.1 Å². The molecule has 1 aromatic heterocycles. The number of aliphatic carboxylic acids is 1. The van der Waals surface area contributed by atoms with Crippen molar-refractivity contribution >= 4 is 25.1 Å². The molecular weight excluding hydrogens is 349 g/mol. The van der Waals surface area contributed by atoms with Gasteiger partial charge < -0.3 is 9.63 Å². The van der Waals surface area contributed by atoms with E-state index in [1.54, 1.807) is 31.0 Å². The smallest absolute Gasteiger partial charge is 0.331 e. The molecule has 7 nitrogen and oxygen atoms in total. The lowest BCUT2D eigenvalue weighted by atomic mass is 10.2. The fourth-order valence-electron chi connectivity index (χ4n) is 2.23. The van der Waals surface area contributed by atoms with Gasteiger partial charge in [0.25, 0.3) is 0 Å². The minimum atomic E-state index is -2.96. The number of rotatable bonds is 12. The molecule has 0 radical (unpaired) electrons. The largest absolute Gasteiger partial charge is 0.478 e. The molecule has 136 valence electrons. The van der Waals surface area contributed by atoms with Gasteiger partial charge in [0.15, 0.2) is 0 Å². The number of aromatic nitrogens is 3.